The zero-order valence-corrected chi connectivity index (χ0v) is 11.9. The number of hydrogen-bond acceptors (Lipinski definition) is 5. The number of ether oxygens (including phenoxy) is 1. The summed E-state index contributed by atoms with van der Waals surface area (Å²) in [6, 6.07) is 11.8. The molecule has 0 aromatic heterocycles. The van der Waals surface area contributed by atoms with Crippen LogP contribution in [0.2, 0.25) is 5.02 Å². The molecule has 106 valence electrons. The number of halogens is 1. The van der Waals surface area contributed by atoms with Crippen LogP contribution in [0.15, 0.2) is 36.4 Å². The first kappa shape index (κ1) is 14.7. The molecular formula is C15H12ClN3O2. The maximum Gasteiger partial charge on any atom is 0.340 e. The van der Waals surface area contributed by atoms with Gasteiger partial charge in [0.15, 0.2) is 0 Å². The van der Waals surface area contributed by atoms with Gasteiger partial charge < -0.3 is 15.8 Å². The first-order chi connectivity index (χ1) is 10.1. The number of nitrogens with zero attached hydrogens (tertiary/aromatic N) is 1. The van der Waals surface area contributed by atoms with Crippen molar-refractivity contribution < 1.29 is 9.53 Å². The van der Waals surface area contributed by atoms with E-state index in [4.69, 9.17) is 22.6 Å². The SMILES string of the molecule is COC(=O)c1cccc(Nc2cc(Cl)ccc2C#N)c1N. The Morgan fingerprint density at radius 3 is 2.76 bits per heavy atom. The summed E-state index contributed by atoms with van der Waals surface area (Å²) < 4.78 is 4.67. The molecule has 0 atom stereocenters. The van der Waals surface area contributed by atoms with Gasteiger partial charge in [0, 0.05) is 5.02 Å². The normalized spacial score (nSPS) is 9.76. The number of esters is 1. The van der Waals surface area contributed by atoms with E-state index < -0.39 is 5.97 Å². The summed E-state index contributed by atoms with van der Waals surface area (Å²) in [5.74, 6) is -0.525. The number of hydrogen-bond donors (Lipinski definition) is 2. The first-order valence-electron chi connectivity index (χ1n) is 6.00. The molecule has 0 heterocycles. The van der Waals surface area contributed by atoms with E-state index in [-0.39, 0.29) is 11.3 Å². The Hall–Kier alpha value is -2.71. The van der Waals surface area contributed by atoms with Crippen LogP contribution in [0.1, 0.15) is 15.9 Å². The number of nitrogen functional groups attached to an aromatic ring is 1. The van der Waals surface area contributed by atoms with Gasteiger partial charge in [0.05, 0.1) is 35.3 Å². The smallest absolute Gasteiger partial charge is 0.340 e. The third kappa shape index (κ3) is 3.07. The average molecular weight is 302 g/mol. The summed E-state index contributed by atoms with van der Waals surface area (Å²) in [4.78, 5) is 11.6. The molecule has 0 aliphatic heterocycles. The van der Waals surface area contributed by atoms with Gasteiger partial charge in [-0.15, -0.1) is 0 Å². The lowest BCUT2D eigenvalue weighted by Gasteiger charge is -2.13. The lowest BCUT2D eigenvalue weighted by atomic mass is 10.1. The number of nitriles is 1. The van der Waals surface area contributed by atoms with Crippen molar-refractivity contribution in [1.29, 1.82) is 5.26 Å². The van der Waals surface area contributed by atoms with Crippen LogP contribution in [0.25, 0.3) is 0 Å². The van der Waals surface area contributed by atoms with Gasteiger partial charge in [-0.2, -0.15) is 5.26 Å². The standard InChI is InChI=1S/C15H12ClN3O2/c1-21-15(20)11-3-2-4-12(14(11)18)19-13-7-10(16)6-5-9(13)8-17/h2-7,19H,18H2,1H3. The van der Waals surface area contributed by atoms with Gasteiger partial charge in [0.1, 0.15) is 6.07 Å². The Morgan fingerprint density at radius 2 is 2.10 bits per heavy atom. The van der Waals surface area contributed by atoms with Gasteiger partial charge in [-0.3, -0.25) is 0 Å². The molecule has 0 amide bonds. The van der Waals surface area contributed by atoms with Crippen LogP contribution in [0, 0.1) is 11.3 Å². The molecule has 21 heavy (non-hydrogen) atoms. The van der Waals surface area contributed by atoms with E-state index in [1.807, 2.05) is 0 Å². The molecule has 5 nitrogen and oxygen atoms in total. The second kappa shape index (κ2) is 6.16. The van der Waals surface area contributed by atoms with Crippen molar-refractivity contribution in [2.75, 3.05) is 18.2 Å². The highest BCUT2D eigenvalue weighted by atomic mass is 35.5. The van der Waals surface area contributed by atoms with Crippen LogP contribution in [-0.4, -0.2) is 13.1 Å². The third-order valence-corrected chi connectivity index (χ3v) is 3.12. The van der Waals surface area contributed by atoms with E-state index in [1.54, 1.807) is 36.4 Å². The molecule has 0 aliphatic carbocycles. The molecule has 0 fully saturated rings. The van der Waals surface area contributed by atoms with Gasteiger partial charge in [0.2, 0.25) is 0 Å². The summed E-state index contributed by atoms with van der Waals surface area (Å²) in [5, 5.41) is 12.6. The van der Waals surface area contributed by atoms with E-state index >= 15 is 0 Å². The number of nitrogens with two attached hydrogens (primary N) is 1. The van der Waals surface area contributed by atoms with Crippen LogP contribution in [0.4, 0.5) is 17.1 Å². The predicted molar refractivity (Wildman–Crippen MR) is 81.6 cm³/mol. The van der Waals surface area contributed by atoms with Crippen LogP contribution in [0.3, 0.4) is 0 Å². The second-order valence-corrected chi connectivity index (χ2v) is 4.62. The lowest BCUT2D eigenvalue weighted by molar-refractivity contribution is 0.0602. The van der Waals surface area contributed by atoms with Gasteiger partial charge in [-0.1, -0.05) is 17.7 Å². The fourth-order valence-corrected chi connectivity index (χ4v) is 2.00. The van der Waals surface area contributed by atoms with Crippen molar-refractivity contribution >= 4 is 34.6 Å². The molecule has 2 aromatic rings. The number of nitrogens with one attached hydrogen (secondary N) is 1. The summed E-state index contributed by atoms with van der Waals surface area (Å²) in [6.07, 6.45) is 0. The molecule has 0 aliphatic rings. The van der Waals surface area contributed by atoms with Crippen molar-refractivity contribution in [1.82, 2.24) is 0 Å². The molecule has 2 aromatic carbocycles. The minimum absolute atomic E-state index is 0.244. The Labute approximate surface area is 126 Å². The molecule has 0 saturated carbocycles. The zero-order valence-electron chi connectivity index (χ0n) is 11.2. The molecule has 0 unspecified atom stereocenters. The maximum absolute atomic E-state index is 11.6. The highest BCUT2D eigenvalue weighted by molar-refractivity contribution is 6.31. The summed E-state index contributed by atoms with van der Waals surface area (Å²) in [6.45, 7) is 0. The number of methoxy groups -OCH3 is 1. The number of carbonyl (C=O) groups excluding carboxylic acids is 1. The predicted octanol–water partition coefficient (Wildman–Crippen LogP) is 3.32. The first-order valence-corrected chi connectivity index (χ1v) is 6.38. The zero-order chi connectivity index (χ0) is 15.4. The summed E-state index contributed by atoms with van der Waals surface area (Å²) in [5.41, 5.74) is 7.88. The van der Waals surface area contributed by atoms with Crippen molar-refractivity contribution in [2.24, 2.45) is 0 Å². The van der Waals surface area contributed by atoms with Crippen molar-refractivity contribution in [2.45, 2.75) is 0 Å². The molecule has 2 rings (SSSR count). The van der Waals surface area contributed by atoms with Gasteiger partial charge >= 0.3 is 5.97 Å². The van der Waals surface area contributed by atoms with E-state index in [1.165, 1.54) is 7.11 Å². The molecule has 6 heteroatoms. The monoisotopic (exact) mass is 301 g/mol. The van der Waals surface area contributed by atoms with Gasteiger partial charge in [-0.05, 0) is 30.3 Å². The molecule has 0 saturated heterocycles. The van der Waals surface area contributed by atoms with Crippen LogP contribution >= 0.6 is 11.6 Å². The molecule has 0 radical (unpaired) electrons. The van der Waals surface area contributed by atoms with Crippen molar-refractivity contribution in [3.05, 3.63) is 52.5 Å². The largest absolute Gasteiger partial charge is 0.465 e. The average Bonchev–Trinajstić information content (AvgIpc) is 2.49. The third-order valence-electron chi connectivity index (χ3n) is 2.88. The lowest BCUT2D eigenvalue weighted by Crippen LogP contribution is -2.08. The minimum atomic E-state index is -0.525. The van der Waals surface area contributed by atoms with Crippen LogP contribution < -0.4 is 11.1 Å². The Bertz CT molecular complexity index is 738. The van der Waals surface area contributed by atoms with Crippen molar-refractivity contribution in [3.8, 4) is 6.07 Å². The number of carbonyl (C=O) groups is 1. The van der Waals surface area contributed by atoms with Crippen LogP contribution in [0.5, 0.6) is 0 Å². The topological polar surface area (TPSA) is 88.1 Å². The highest BCUT2D eigenvalue weighted by Crippen LogP contribution is 2.29. The Kier molecular flexibility index (Phi) is 4.31. The summed E-state index contributed by atoms with van der Waals surface area (Å²) in [7, 11) is 1.28. The number of rotatable bonds is 3. The van der Waals surface area contributed by atoms with E-state index in [2.05, 4.69) is 16.1 Å². The van der Waals surface area contributed by atoms with Gasteiger partial charge in [0.25, 0.3) is 0 Å². The van der Waals surface area contributed by atoms with E-state index in [0.717, 1.165) is 0 Å². The van der Waals surface area contributed by atoms with Gasteiger partial charge in [-0.25, -0.2) is 4.79 Å². The minimum Gasteiger partial charge on any atom is -0.465 e. The fourth-order valence-electron chi connectivity index (χ4n) is 1.82. The van der Waals surface area contributed by atoms with E-state index in [9.17, 15) is 4.79 Å². The van der Waals surface area contributed by atoms with Crippen molar-refractivity contribution in [3.63, 3.8) is 0 Å². The second-order valence-electron chi connectivity index (χ2n) is 4.19. The maximum atomic E-state index is 11.6. The van der Waals surface area contributed by atoms with Crippen LogP contribution in [-0.2, 0) is 4.74 Å². The quantitative estimate of drug-likeness (QED) is 0.670. The molecule has 3 N–H and O–H groups in total. The highest BCUT2D eigenvalue weighted by Gasteiger charge is 2.13. The number of benzene rings is 2. The van der Waals surface area contributed by atoms with E-state index in [0.29, 0.717) is 22.0 Å². The molecule has 0 spiro atoms. The Morgan fingerprint density at radius 1 is 1.33 bits per heavy atom. The number of anilines is 3. The Balaban J connectivity index is 2.44. The summed E-state index contributed by atoms with van der Waals surface area (Å²) >= 11 is 5.93. The molecular weight excluding hydrogens is 290 g/mol. The molecule has 0 bridgehead atoms. The fraction of sp³-hybridized carbons (Fsp3) is 0.0667. The number of para-hydroxylation sites is 1.